The maximum Gasteiger partial charge on any atom is 0.306 e. The lowest BCUT2D eigenvalue weighted by atomic mass is 9.79. The fraction of sp³-hybridized carbons (Fsp3) is 0.720. The van der Waals surface area contributed by atoms with E-state index < -0.39 is 5.60 Å². The first-order valence-corrected chi connectivity index (χ1v) is 12.9. The van der Waals surface area contributed by atoms with Gasteiger partial charge in [-0.2, -0.15) is 4.98 Å². The molecular weight excluding hydrogens is 454 g/mol. The summed E-state index contributed by atoms with van der Waals surface area (Å²) in [4.78, 5) is 38.4. The zero-order valence-electron chi connectivity index (χ0n) is 20.6. The minimum Gasteiger partial charge on any atom is -0.460 e. The van der Waals surface area contributed by atoms with Crippen molar-refractivity contribution in [1.29, 1.82) is 0 Å². The van der Waals surface area contributed by atoms with E-state index in [9.17, 15) is 9.59 Å². The maximum absolute atomic E-state index is 13.4. The first-order valence-electron chi connectivity index (χ1n) is 12.5. The predicted molar refractivity (Wildman–Crippen MR) is 133 cm³/mol. The molecule has 9 heteroatoms. The number of fused-ring (bicyclic) bond motifs is 1. The van der Waals surface area contributed by atoms with Gasteiger partial charge in [-0.05, 0) is 89.2 Å². The lowest BCUT2D eigenvalue weighted by Gasteiger charge is -2.29. The molecule has 2 aliphatic carbocycles. The summed E-state index contributed by atoms with van der Waals surface area (Å²) in [6, 6.07) is 0.0384. The van der Waals surface area contributed by atoms with Crippen molar-refractivity contribution >= 4 is 34.6 Å². The van der Waals surface area contributed by atoms with Gasteiger partial charge in [0.2, 0.25) is 5.28 Å². The van der Waals surface area contributed by atoms with Crippen molar-refractivity contribution in [3.05, 3.63) is 21.8 Å². The third-order valence-corrected chi connectivity index (χ3v) is 7.12. The second-order valence-electron chi connectivity index (χ2n) is 11.0. The van der Waals surface area contributed by atoms with E-state index in [-0.39, 0.29) is 22.9 Å². The van der Waals surface area contributed by atoms with Crippen LogP contribution >= 0.6 is 11.6 Å². The topological polar surface area (TPSA) is 99.0 Å². The van der Waals surface area contributed by atoms with Crippen molar-refractivity contribution < 1.29 is 9.53 Å². The summed E-state index contributed by atoms with van der Waals surface area (Å²) >= 11 is 6.03. The molecule has 186 valence electrons. The summed E-state index contributed by atoms with van der Waals surface area (Å²) in [5, 5.41) is 3.45. The van der Waals surface area contributed by atoms with Gasteiger partial charge in [0, 0.05) is 19.0 Å². The molecule has 1 N–H and O–H groups in total. The average molecular weight is 490 g/mol. The summed E-state index contributed by atoms with van der Waals surface area (Å²) in [6.07, 6.45) is 9.53. The van der Waals surface area contributed by atoms with Crippen LogP contribution in [-0.4, -0.2) is 37.6 Å². The number of hydrogen-bond acceptors (Lipinski definition) is 7. The molecule has 0 amide bonds. The molecule has 4 rings (SSSR count). The maximum atomic E-state index is 13.4. The van der Waals surface area contributed by atoms with Crippen LogP contribution in [0.5, 0.6) is 0 Å². The highest BCUT2D eigenvalue weighted by Crippen LogP contribution is 2.39. The van der Waals surface area contributed by atoms with E-state index in [4.69, 9.17) is 16.3 Å². The molecule has 0 bridgehead atoms. The van der Waals surface area contributed by atoms with Crippen LogP contribution in [0.4, 0.5) is 5.82 Å². The van der Waals surface area contributed by atoms with Crippen LogP contribution in [0, 0.1) is 17.8 Å². The number of anilines is 1. The number of halogens is 1. The number of hydrogen-bond donors (Lipinski definition) is 1. The van der Waals surface area contributed by atoms with Gasteiger partial charge in [-0.15, -0.1) is 0 Å². The van der Waals surface area contributed by atoms with E-state index in [0.29, 0.717) is 47.7 Å². The Bertz CT molecular complexity index is 1090. The van der Waals surface area contributed by atoms with Crippen LogP contribution in [0.25, 0.3) is 11.2 Å². The number of rotatable bonds is 8. The van der Waals surface area contributed by atoms with E-state index in [1.165, 1.54) is 0 Å². The lowest BCUT2D eigenvalue weighted by molar-refractivity contribution is -0.155. The smallest absolute Gasteiger partial charge is 0.306 e. The van der Waals surface area contributed by atoms with Crippen molar-refractivity contribution in [1.82, 2.24) is 19.5 Å². The van der Waals surface area contributed by atoms with Gasteiger partial charge in [-0.1, -0.05) is 12.8 Å². The molecule has 0 saturated heterocycles. The Morgan fingerprint density at radius 2 is 1.97 bits per heavy atom. The number of nitrogens with zero attached hydrogens (tertiary/aromatic N) is 4. The predicted octanol–water partition coefficient (Wildman–Crippen LogP) is 5.15. The SMILES string of the molecule is C[C@@H](C1CC1)n1c(=O)c(NC[C@@H]2CCCC(CCC(=O)OC(C)(C)C)C2)nc2cnc(Cl)nc21. The highest BCUT2D eigenvalue weighted by atomic mass is 35.5. The molecule has 3 atom stereocenters. The Kier molecular flexibility index (Phi) is 7.45. The van der Waals surface area contributed by atoms with Crippen molar-refractivity contribution in [2.75, 3.05) is 11.9 Å². The van der Waals surface area contributed by atoms with Gasteiger partial charge in [-0.3, -0.25) is 14.2 Å². The Morgan fingerprint density at radius 3 is 2.68 bits per heavy atom. The molecule has 8 nitrogen and oxygen atoms in total. The lowest BCUT2D eigenvalue weighted by Crippen LogP contribution is -2.31. The van der Waals surface area contributed by atoms with Crippen LogP contribution in [0.15, 0.2) is 11.0 Å². The highest BCUT2D eigenvalue weighted by molar-refractivity contribution is 6.28. The number of aromatic nitrogens is 4. The first-order chi connectivity index (χ1) is 16.1. The third-order valence-electron chi connectivity index (χ3n) is 6.94. The van der Waals surface area contributed by atoms with Gasteiger partial charge in [0.1, 0.15) is 11.1 Å². The molecule has 0 aliphatic heterocycles. The molecule has 0 aromatic carbocycles. The second kappa shape index (κ2) is 10.2. The number of carbonyl (C=O) groups is 1. The van der Waals surface area contributed by atoms with Crippen LogP contribution in [0.1, 0.15) is 85.1 Å². The van der Waals surface area contributed by atoms with Crippen molar-refractivity contribution in [2.45, 2.75) is 90.7 Å². The Balaban J connectivity index is 1.42. The van der Waals surface area contributed by atoms with Crippen LogP contribution in [-0.2, 0) is 9.53 Å². The quantitative estimate of drug-likeness (QED) is 0.404. The molecular formula is C25H36ClN5O3. The van der Waals surface area contributed by atoms with Gasteiger partial charge in [0.15, 0.2) is 11.5 Å². The fourth-order valence-electron chi connectivity index (χ4n) is 5.07. The van der Waals surface area contributed by atoms with Crippen molar-refractivity contribution in [3.8, 4) is 0 Å². The normalized spacial score (nSPS) is 21.9. The molecule has 2 aliphatic rings. The third kappa shape index (κ3) is 6.26. The molecule has 34 heavy (non-hydrogen) atoms. The summed E-state index contributed by atoms with van der Waals surface area (Å²) in [5.74, 6) is 1.64. The van der Waals surface area contributed by atoms with E-state index >= 15 is 0 Å². The molecule has 0 spiro atoms. The van der Waals surface area contributed by atoms with Gasteiger partial charge in [0.05, 0.1) is 6.20 Å². The van der Waals surface area contributed by atoms with E-state index in [1.807, 2.05) is 20.8 Å². The highest BCUT2D eigenvalue weighted by Gasteiger charge is 2.32. The number of carbonyl (C=O) groups excluding carboxylic acids is 1. The molecule has 2 fully saturated rings. The Labute approximate surface area is 205 Å². The zero-order valence-corrected chi connectivity index (χ0v) is 21.4. The zero-order chi connectivity index (χ0) is 24.5. The standard InChI is InChI=1S/C25H36ClN5O3/c1-15(18-9-10-18)31-22-19(14-28-24(26)30-22)29-21(23(31)33)27-13-17-7-5-6-16(12-17)8-11-20(32)34-25(2,3)4/h14-18H,5-13H2,1-4H3,(H,27,29)/t15-,16?,17+/m0/s1. The molecule has 0 radical (unpaired) electrons. The van der Waals surface area contributed by atoms with E-state index in [1.54, 1.807) is 10.8 Å². The Morgan fingerprint density at radius 1 is 1.24 bits per heavy atom. The summed E-state index contributed by atoms with van der Waals surface area (Å²) in [7, 11) is 0. The van der Waals surface area contributed by atoms with E-state index in [2.05, 4.69) is 27.2 Å². The summed E-state index contributed by atoms with van der Waals surface area (Å²) in [6.45, 7) is 8.44. The van der Waals surface area contributed by atoms with Gasteiger partial charge >= 0.3 is 5.97 Å². The monoisotopic (exact) mass is 489 g/mol. The van der Waals surface area contributed by atoms with Crippen LogP contribution in [0.2, 0.25) is 5.28 Å². The van der Waals surface area contributed by atoms with Crippen LogP contribution < -0.4 is 10.9 Å². The van der Waals surface area contributed by atoms with Gasteiger partial charge < -0.3 is 10.1 Å². The van der Waals surface area contributed by atoms with Gasteiger partial charge in [-0.25, -0.2) is 9.97 Å². The van der Waals surface area contributed by atoms with Crippen molar-refractivity contribution in [2.24, 2.45) is 17.8 Å². The molecule has 2 aromatic heterocycles. The first kappa shape index (κ1) is 24.9. The summed E-state index contributed by atoms with van der Waals surface area (Å²) < 4.78 is 7.19. The molecule has 2 aromatic rings. The minimum absolute atomic E-state index is 0.0384. The van der Waals surface area contributed by atoms with Gasteiger partial charge in [0.25, 0.3) is 5.56 Å². The van der Waals surface area contributed by atoms with E-state index in [0.717, 1.165) is 44.9 Å². The summed E-state index contributed by atoms with van der Waals surface area (Å²) in [5.41, 5.74) is 0.468. The fourth-order valence-corrected chi connectivity index (χ4v) is 5.20. The molecule has 1 unspecified atom stereocenters. The second-order valence-corrected chi connectivity index (χ2v) is 11.3. The molecule has 2 saturated carbocycles. The largest absolute Gasteiger partial charge is 0.460 e. The van der Waals surface area contributed by atoms with Crippen molar-refractivity contribution in [3.63, 3.8) is 0 Å². The molecule has 2 heterocycles. The minimum atomic E-state index is -0.441. The number of esters is 1. The number of nitrogens with one attached hydrogen (secondary N) is 1. The Hall–Kier alpha value is -2.22. The average Bonchev–Trinajstić information content (AvgIpc) is 3.61. The van der Waals surface area contributed by atoms with Crippen LogP contribution in [0.3, 0.4) is 0 Å². The number of ether oxygens (including phenoxy) is 1.